The zero-order valence-corrected chi connectivity index (χ0v) is 9.35. The molecule has 66 valence electrons. The van der Waals surface area contributed by atoms with Gasteiger partial charge in [-0.3, -0.25) is 0 Å². The van der Waals surface area contributed by atoms with Gasteiger partial charge in [-0.1, -0.05) is 11.6 Å². The zero-order valence-electron chi connectivity index (χ0n) is 7.01. The van der Waals surface area contributed by atoms with Crippen molar-refractivity contribution in [2.75, 3.05) is 18.5 Å². The normalized spacial score (nSPS) is 10.0. The van der Waals surface area contributed by atoms with Crippen molar-refractivity contribution in [3.05, 3.63) is 21.8 Å². The first-order valence-electron chi connectivity index (χ1n) is 3.67. The number of hydrogen-bond donors (Lipinski definition) is 0. The van der Waals surface area contributed by atoms with Gasteiger partial charge in [0.1, 0.15) is 5.82 Å². The van der Waals surface area contributed by atoms with Gasteiger partial charge in [-0.15, -0.1) is 0 Å². The second kappa shape index (κ2) is 4.10. The van der Waals surface area contributed by atoms with Crippen LogP contribution in [0.5, 0.6) is 0 Å². The topological polar surface area (TPSA) is 16.1 Å². The van der Waals surface area contributed by atoms with E-state index in [0.717, 1.165) is 16.8 Å². The Morgan fingerprint density at radius 3 is 2.83 bits per heavy atom. The monoisotopic (exact) mass is 248 g/mol. The summed E-state index contributed by atoms with van der Waals surface area (Å²) in [6.45, 7) is 2.95. The Balaban J connectivity index is 3.01. The number of hydrogen-bond acceptors (Lipinski definition) is 2. The molecular formula is C8H10BrClN2. The van der Waals surface area contributed by atoms with Gasteiger partial charge in [0.2, 0.25) is 0 Å². The van der Waals surface area contributed by atoms with Crippen molar-refractivity contribution in [2.24, 2.45) is 0 Å². The van der Waals surface area contributed by atoms with Gasteiger partial charge in [0.25, 0.3) is 0 Å². The first-order chi connectivity index (χ1) is 5.65. The van der Waals surface area contributed by atoms with Crippen LogP contribution in [-0.4, -0.2) is 18.6 Å². The van der Waals surface area contributed by atoms with E-state index in [4.69, 9.17) is 11.6 Å². The van der Waals surface area contributed by atoms with Crippen molar-refractivity contribution in [1.29, 1.82) is 0 Å². The number of nitrogens with zero attached hydrogens (tertiary/aromatic N) is 2. The van der Waals surface area contributed by atoms with Crippen LogP contribution in [0.3, 0.4) is 0 Å². The summed E-state index contributed by atoms with van der Waals surface area (Å²) in [5, 5.41) is 0.675. The largest absolute Gasteiger partial charge is 0.359 e. The van der Waals surface area contributed by atoms with Crippen molar-refractivity contribution in [3.63, 3.8) is 0 Å². The standard InChI is InChI=1S/C8H10BrClN2/c1-3-12(2)8-7(10)4-6(9)5-11-8/h4-5H,3H2,1-2H3. The summed E-state index contributed by atoms with van der Waals surface area (Å²) in [6.07, 6.45) is 1.74. The summed E-state index contributed by atoms with van der Waals surface area (Å²) in [7, 11) is 1.96. The van der Waals surface area contributed by atoms with E-state index in [9.17, 15) is 0 Å². The highest BCUT2D eigenvalue weighted by atomic mass is 79.9. The van der Waals surface area contributed by atoms with Crippen molar-refractivity contribution in [2.45, 2.75) is 6.92 Å². The maximum atomic E-state index is 5.97. The Kier molecular flexibility index (Phi) is 3.35. The van der Waals surface area contributed by atoms with Crippen LogP contribution in [0.25, 0.3) is 0 Å². The molecule has 0 N–H and O–H groups in total. The molecule has 0 unspecified atom stereocenters. The van der Waals surface area contributed by atoms with E-state index in [1.54, 1.807) is 6.20 Å². The highest BCUT2D eigenvalue weighted by molar-refractivity contribution is 9.10. The van der Waals surface area contributed by atoms with Gasteiger partial charge in [0, 0.05) is 24.3 Å². The molecule has 0 aromatic carbocycles. The lowest BCUT2D eigenvalue weighted by Crippen LogP contribution is -2.17. The summed E-state index contributed by atoms with van der Waals surface area (Å²) >= 11 is 9.27. The smallest absolute Gasteiger partial charge is 0.147 e. The van der Waals surface area contributed by atoms with Crippen molar-refractivity contribution in [1.82, 2.24) is 4.98 Å². The van der Waals surface area contributed by atoms with Gasteiger partial charge < -0.3 is 4.90 Å². The average molecular weight is 250 g/mol. The van der Waals surface area contributed by atoms with Crippen LogP contribution < -0.4 is 4.90 Å². The molecule has 1 rings (SSSR count). The number of anilines is 1. The molecule has 1 aromatic rings. The fourth-order valence-corrected chi connectivity index (χ4v) is 1.61. The van der Waals surface area contributed by atoms with Crippen molar-refractivity contribution in [3.8, 4) is 0 Å². The fraction of sp³-hybridized carbons (Fsp3) is 0.375. The third-order valence-electron chi connectivity index (χ3n) is 1.62. The minimum absolute atomic E-state index is 0.675. The molecule has 0 aliphatic rings. The minimum Gasteiger partial charge on any atom is -0.359 e. The van der Waals surface area contributed by atoms with E-state index in [1.165, 1.54) is 0 Å². The predicted octanol–water partition coefficient (Wildman–Crippen LogP) is 2.95. The quantitative estimate of drug-likeness (QED) is 0.801. The van der Waals surface area contributed by atoms with E-state index >= 15 is 0 Å². The van der Waals surface area contributed by atoms with Crippen LogP contribution in [0, 0.1) is 0 Å². The summed E-state index contributed by atoms with van der Waals surface area (Å²) < 4.78 is 0.903. The maximum Gasteiger partial charge on any atom is 0.147 e. The zero-order chi connectivity index (χ0) is 9.14. The third-order valence-corrected chi connectivity index (χ3v) is 2.34. The molecule has 12 heavy (non-hydrogen) atoms. The first kappa shape index (κ1) is 9.81. The molecule has 0 amide bonds. The highest BCUT2D eigenvalue weighted by Gasteiger charge is 2.05. The molecule has 0 radical (unpaired) electrons. The lowest BCUT2D eigenvalue weighted by molar-refractivity contribution is 0.937. The van der Waals surface area contributed by atoms with Crippen LogP contribution in [-0.2, 0) is 0 Å². The summed E-state index contributed by atoms with van der Waals surface area (Å²) in [5.74, 6) is 0.822. The maximum absolute atomic E-state index is 5.97. The van der Waals surface area contributed by atoms with Crippen LogP contribution in [0.1, 0.15) is 6.92 Å². The Morgan fingerprint density at radius 2 is 2.33 bits per heavy atom. The summed E-state index contributed by atoms with van der Waals surface area (Å²) in [5.41, 5.74) is 0. The van der Waals surface area contributed by atoms with Gasteiger partial charge in [-0.2, -0.15) is 0 Å². The predicted molar refractivity (Wildman–Crippen MR) is 55.9 cm³/mol. The molecule has 1 heterocycles. The molecule has 4 heteroatoms. The van der Waals surface area contributed by atoms with Gasteiger partial charge in [-0.25, -0.2) is 4.98 Å². The molecule has 1 aromatic heterocycles. The third kappa shape index (κ3) is 2.11. The lowest BCUT2D eigenvalue weighted by Gasteiger charge is -2.16. The van der Waals surface area contributed by atoms with Crippen LogP contribution >= 0.6 is 27.5 Å². The molecule has 2 nitrogen and oxygen atoms in total. The van der Waals surface area contributed by atoms with Gasteiger partial charge in [0.15, 0.2) is 0 Å². The summed E-state index contributed by atoms with van der Waals surface area (Å²) in [6, 6.07) is 1.84. The molecule has 0 bridgehead atoms. The molecule has 0 saturated carbocycles. The van der Waals surface area contributed by atoms with E-state index < -0.39 is 0 Å². The van der Waals surface area contributed by atoms with Gasteiger partial charge in [-0.05, 0) is 28.9 Å². The molecule has 0 fully saturated rings. The van der Waals surface area contributed by atoms with E-state index in [1.807, 2.05) is 18.0 Å². The second-order valence-electron chi connectivity index (χ2n) is 2.47. The average Bonchev–Trinajstić information content (AvgIpc) is 2.03. The first-order valence-corrected chi connectivity index (χ1v) is 4.84. The SMILES string of the molecule is CCN(C)c1ncc(Br)cc1Cl. The molecule has 0 spiro atoms. The fourth-order valence-electron chi connectivity index (χ4n) is 0.838. The van der Waals surface area contributed by atoms with E-state index in [-0.39, 0.29) is 0 Å². The molecule has 0 aliphatic carbocycles. The van der Waals surface area contributed by atoms with Crippen molar-refractivity contribution < 1.29 is 0 Å². The van der Waals surface area contributed by atoms with Gasteiger partial charge >= 0.3 is 0 Å². The summed E-state index contributed by atoms with van der Waals surface area (Å²) in [4.78, 5) is 6.19. The number of aromatic nitrogens is 1. The van der Waals surface area contributed by atoms with Crippen LogP contribution in [0.4, 0.5) is 5.82 Å². The van der Waals surface area contributed by atoms with E-state index in [0.29, 0.717) is 5.02 Å². The van der Waals surface area contributed by atoms with Gasteiger partial charge in [0.05, 0.1) is 5.02 Å². The number of rotatable bonds is 2. The number of halogens is 2. The molecule has 0 aliphatic heterocycles. The molecule has 0 saturated heterocycles. The van der Waals surface area contributed by atoms with E-state index in [2.05, 4.69) is 27.8 Å². The Bertz CT molecular complexity index is 278. The van der Waals surface area contributed by atoms with Crippen molar-refractivity contribution >= 4 is 33.3 Å². The minimum atomic E-state index is 0.675. The number of pyridine rings is 1. The highest BCUT2D eigenvalue weighted by Crippen LogP contribution is 2.24. The van der Waals surface area contributed by atoms with Crippen LogP contribution in [0.2, 0.25) is 5.02 Å². The molecular weight excluding hydrogens is 239 g/mol. The lowest BCUT2D eigenvalue weighted by atomic mass is 10.4. The second-order valence-corrected chi connectivity index (χ2v) is 3.80. The van der Waals surface area contributed by atoms with Crippen LogP contribution in [0.15, 0.2) is 16.7 Å². The Labute approximate surface area is 85.7 Å². The molecule has 0 atom stereocenters. The Morgan fingerprint density at radius 1 is 1.67 bits per heavy atom. The Hall–Kier alpha value is -0.280.